The molecule has 1 rings (SSSR count). The lowest BCUT2D eigenvalue weighted by molar-refractivity contribution is -0.151. The number of aliphatic hydroxyl groups is 1. The van der Waals surface area contributed by atoms with E-state index in [-0.39, 0.29) is 6.42 Å². The van der Waals surface area contributed by atoms with E-state index in [0.717, 1.165) is 5.56 Å². The molecule has 0 spiro atoms. The monoisotopic (exact) mass is 295 g/mol. The summed E-state index contributed by atoms with van der Waals surface area (Å²) >= 11 is 0. The van der Waals surface area contributed by atoms with Crippen LogP contribution >= 0.6 is 0 Å². The van der Waals surface area contributed by atoms with E-state index >= 15 is 0 Å². The summed E-state index contributed by atoms with van der Waals surface area (Å²) in [4.78, 5) is 22.9. The van der Waals surface area contributed by atoms with Crippen molar-refractivity contribution in [3.8, 4) is 0 Å². The molecular formula is C15H21NO5. The molecule has 2 unspecified atom stereocenters. The van der Waals surface area contributed by atoms with Crippen LogP contribution in [0.5, 0.6) is 0 Å². The third kappa shape index (κ3) is 6.37. The van der Waals surface area contributed by atoms with E-state index in [1.165, 1.54) is 0 Å². The van der Waals surface area contributed by atoms with Crippen molar-refractivity contribution in [1.29, 1.82) is 0 Å². The van der Waals surface area contributed by atoms with Crippen molar-refractivity contribution in [1.82, 2.24) is 0 Å². The number of ether oxygens (including phenoxy) is 2. The average Bonchev–Trinajstić information content (AvgIpc) is 2.37. The van der Waals surface area contributed by atoms with Gasteiger partial charge in [0, 0.05) is 12.5 Å². The van der Waals surface area contributed by atoms with Crippen LogP contribution in [0.1, 0.15) is 38.8 Å². The molecule has 0 aliphatic carbocycles. The highest BCUT2D eigenvalue weighted by Crippen LogP contribution is 2.16. The van der Waals surface area contributed by atoms with E-state index in [4.69, 9.17) is 10.5 Å². The first kappa shape index (κ1) is 17.1. The summed E-state index contributed by atoms with van der Waals surface area (Å²) in [7, 11) is 0. The van der Waals surface area contributed by atoms with Gasteiger partial charge in [0.1, 0.15) is 5.60 Å². The first-order chi connectivity index (χ1) is 9.69. The van der Waals surface area contributed by atoms with Crippen LogP contribution in [-0.2, 0) is 14.3 Å². The van der Waals surface area contributed by atoms with Crippen molar-refractivity contribution in [2.75, 3.05) is 0 Å². The molecule has 0 saturated heterocycles. The molecule has 6 heteroatoms. The number of aliphatic hydroxyl groups excluding tert-OH is 1. The van der Waals surface area contributed by atoms with Crippen LogP contribution in [0.4, 0.5) is 4.79 Å². The standard InChI is InChI=1S/C15H21NO5/c1-15(2,3)21-14(19)20-13(18)12(17)9-11(16)10-7-5-4-6-8-10/h4-8,11-12,17H,9,16H2,1-3H3. The van der Waals surface area contributed by atoms with Gasteiger partial charge < -0.3 is 20.3 Å². The zero-order chi connectivity index (χ0) is 16.0. The quantitative estimate of drug-likeness (QED) is 0.650. The smallest absolute Gasteiger partial charge is 0.428 e. The summed E-state index contributed by atoms with van der Waals surface area (Å²) in [6, 6.07) is 8.49. The predicted molar refractivity (Wildman–Crippen MR) is 76.3 cm³/mol. The highest BCUT2D eigenvalue weighted by molar-refractivity contribution is 5.84. The predicted octanol–water partition coefficient (Wildman–Crippen LogP) is 1.92. The van der Waals surface area contributed by atoms with Crippen molar-refractivity contribution >= 4 is 12.1 Å². The number of hydrogen-bond donors (Lipinski definition) is 2. The van der Waals surface area contributed by atoms with Gasteiger partial charge >= 0.3 is 12.1 Å². The van der Waals surface area contributed by atoms with Gasteiger partial charge in [0.05, 0.1) is 0 Å². The Morgan fingerprint density at radius 3 is 2.33 bits per heavy atom. The summed E-state index contributed by atoms with van der Waals surface area (Å²) in [5, 5.41) is 9.73. The Morgan fingerprint density at radius 1 is 1.24 bits per heavy atom. The summed E-state index contributed by atoms with van der Waals surface area (Å²) in [5.74, 6) is -1.07. The molecule has 3 N–H and O–H groups in total. The molecule has 1 aromatic rings. The van der Waals surface area contributed by atoms with E-state index in [1.807, 2.05) is 6.07 Å². The summed E-state index contributed by atoms with van der Waals surface area (Å²) in [6.45, 7) is 4.92. The van der Waals surface area contributed by atoms with Crippen molar-refractivity contribution in [3.63, 3.8) is 0 Å². The molecule has 0 amide bonds. The molecule has 0 aliphatic heterocycles. The summed E-state index contributed by atoms with van der Waals surface area (Å²) in [6.07, 6.45) is -2.68. The van der Waals surface area contributed by atoms with Crippen LogP contribution in [0.3, 0.4) is 0 Å². The number of benzene rings is 1. The van der Waals surface area contributed by atoms with Crippen molar-refractivity contribution < 1.29 is 24.2 Å². The van der Waals surface area contributed by atoms with Gasteiger partial charge in [0.15, 0.2) is 6.10 Å². The van der Waals surface area contributed by atoms with Crippen LogP contribution < -0.4 is 5.73 Å². The molecule has 21 heavy (non-hydrogen) atoms. The van der Waals surface area contributed by atoms with Crippen LogP contribution in [0.2, 0.25) is 0 Å². The van der Waals surface area contributed by atoms with Crippen molar-refractivity contribution in [2.45, 2.75) is 44.9 Å². The third-order valence-corrected chi connectivity index (χ3v) is 2.55. The molecular weight excluding hydrogens is 274 g/mol. The molecule has 0 saturated carbocycles. The Kier molecular flexibility index (Phi) is 5.87. The van der Waals surface area contributed by atoms with E-state index in [2.05, 4.69) is 4.74 Å². The number of carbonyl (C=O) groups is 2. The van der Waals surface area contributed by atoms with Crippen LogP contribution in [0.15, 0.2) is 30.3 Å². The zero-order valence-electron chi connectivity index (χ0n) is 12.4. The second kappa shape index (κ2) is 7.19. The minimum Gasteiger partial charge on any atom is -0.428 e. The molecule has 0 bridgehead atoms. The number of rotatable bonds is 4. The van der Waals surface area contributed by atoms with Crippen molar-refractivity contribution in [3.05, 3.63) is 35.9 Å². The normalized spacial score (nSPS) is 14.1. The molecule has 0 heterocycles. The lowest BCUT2D eigenvalue weighted by Gasteiger charge is -2.19. The third-order valence-electron chi connectivity index (χ3n) is 2.55. The van der Waals surface area contributed by atoms with Gasteiger partial charge in [-0.25, -0.2) is 9.59 Å². The number of carbonyl (C=O) groups excluding carboxylic acids is 2. The SMILES string of the molecule is CC(C)(C)OC(=O)OC(=O)C(O)CC(N)c1ccccc1. The van der Waals surface area contributed by atoms with Gasteiger partial charge in [-0.15, -0.1) is 0 Å². The topological polar surface area (TPSA) is 98.8 Å². The fourth-order valence-corrected chi connectivity index (χ4v) is 1.59. The van der Waals surface area contributed by atoms with Gasteiger partial charge in [-0.05, 0) is 26.3 Å². The van der Waals surface area contributed by atoms with Gasteiger partial charge in [-0.3, -0.25) is 0 Å². The molecule has 2 atom stereocenters. The fraction of sp³-hybridized carbons (Fsp3) is 0.467. The highest BCUT2D eigenvalue weighted by atomic mass is 16.8. The number of esters is 1. The molecule has 0 radical (unpaired) electrons. The van der Waals surface area contributed by atoms with Gasteiger partial charge in [-0.2, -0.15) is 0 Å². The van der Waals surface area contributed by atoms with Crippen molar-refractivity contribution in [2.24, 2.45) is 5.73 Å². The average molecular weight is 295 g/mol. The van der Waals surface area contributed by atoms with Crippen LogP contribution in [-0.4, -0.2) is 28.9 Å². The Labute approximate surface area is 123 Å². The summed E-state index contributed by atoms with van der Waals surface area (Å²) in [5.41, 5.74) is 5.89. The zero-order valence-corrected chi connectivity index (χ0v) is 12.4. The minimum absolute atomic E-state index is 0.0500. The first-order valence-electron chi connectivity index (χ1n) is 6.62. The second-order valence-corrected chi connectivity index (χ2v) is 5.65. The lowest BCUT2D eigenvalue weighted by Crippen LogP contribution is -2.32. The molecule has 1 aromatic carbocycles. The van der Waals surface area contributed by atoms with Gasteiger partial charge in [-0.1, -0.05) is 30.3 Å². The fourth-order valence-electron chi connectivity index (χ4n) is 1.59. The summed E-state index contributed by atoms with van der Waals surface area (Å²) < 4.78 is 9.24. The van der Waals surface area contributed by atoms with Gasteiger partial charge in [0.25, 0.3) is 0 Å². The minimum atomic E-state index is -1.49. The van der Waals surface area contributed by atoms with E-state index in [1.54, 1.807) is 45.0 Å². The Balaban J connectivity index is 2.50. The maximum absolute atomic E-state index is 11.6. The van der Waals surface area contributed by atoms with Crippen LogP contribution in [0.25, 0.3) is 0 Å². The van der Waals surface area contributed by atoms with Crippen LogP contribution in [0, 0.1) is 0 Å². The maximum Gasteiger partial charge on any atom is 0.516 e. The van der Waals surface area contributed by atoms with Gasteiger partial charge in [0.2, 0.25) is 0 Å². The molecule has 0 fully saturated rings. The molecule has 116 valence electrons. The molecule has 0 aromatic heterocycles. The second-order valence-electron chi connectivity index (χ2n) is 5.65. The van der Waals surface area contributed by atoms with E-state index < -0.39 is 29.9 Å². The number of nitrogens with two attached hydrogens (primary N) is 1. The van der Waals surface area contributed by atoms with E-state index in [9.17, 15) is 14.7 Å². The largest absolute Gasteiger partial charge is 0.516 e. The Bertz CT molecular complexity index is 481. The molecule has 0 aliphatic rings. The molecule has 6 nitrogen and oxygen atoms in total. The Morgan fingerprint density at radius 2 is 1.81 bits per heavy atom. The number of hydrogen-bond acceptors (Lipinski definition) is 6. The Hall–Kier alpha value is -1.92. The van der Waals surface area contributed by atoms with E-state index in [0.29, 0.717) is 0 Å². The highest BCUT2D eigenvalue weighted by Gasteiger charge is 2.26. The first-order valence-corrected chi connectivity index (χ1v) is 6.62. The lowest BCUT2D eigenvalue weighted by atomic mass is 10.0. The maximum atomic E-state index is 11.6.